The van der Waals surface area contributed by atoms with Gasteiger partial charge in [0.25, 0.3) is 0 Å². The molecule has 0 fully saturated rings. The molecule has 0 N–H and O–H groups in total. The molecule has 12 rings (SSSR count). The van der Waals surface area contributed by atoms with Gasteiger partial charge in [-0.1, -0.05) is 135 Å². The number of para-hydroxylation sites is 4. The second-order valence-corrected chi connectivity index (χ2v) is 16.2. The molecule has 0 unspecified atom stereocenters. The Morgan fingerprint density at radius 1 is 0.356 bits per heavy atom. The van der Waals surface area contributed by atoms with E-state index in [1.807, 2.05) is 0 Å². The lowest BCUT2D eigenvalue weighted by Crippen LogP contribution is -2.15. The first kappa shape index (κ1) is 33.6. The summed E-state index contributed by atoms with van der Waals surface area (Å²) in [6.07, 6.45) is 0. The summed E-state index contributed by atoms with van der Waals surface area (Å²) >= 11 is 0. The predicted octanol–water partition coefficient (Wildman–Crippen LogP) is 14.0. The quantitative estimate of drug-likeness (QED) is 0.175. The molecule has 0 atom stereocenters. The lowest BCUT2D eigenvalue weighted by Gasteiger charge is -2.21. The summed E-state index contributed by atoms with van der Waals surface area (Å²) in [4.78, 5) is 10.8. The highest BCUT2D eigenvalue weighted by Crippen LogP contribution is 2.49. The summed E-state index contributed by atoms with van der Waals surface area (Å²) in [5.74, 6) is 0.714. The van der Waals surface area contributed by atoms with Gasteiger partial charge in [-0.25, -0.2) is 9.97 Å². The fourth-order valence-corrected chi connectivity index (χ4v) is 9.69. The van der Waals surface area contributed by atoms with Crippen molar-refractivity contribution >= 4 is 43.6 Å². The maximum atomic E-state index is 5.41. The van der Waals surface area contributed by atoms with Crippen LogP contribution in [0.3, 0.4) is 0 Å². The van der Waals surface area contributed by atoms with Crippen molar-refractivity contribution in [2.45, 2.75) is 19.3 Å². The van der Waals surface area contributed by atoms with Crippen molar-refractivity contribution in [3.63, 3.8) is 0 Å². The molecule has 0 aliphatic heterocycles. The molecule has 0 saturated heterocycles. The van der Waals surface area contributed by atoms with Crippen LogP contribution in [0.2, 0.25) is 0 Å². The Labute approximate surface area is 342 Å². The fraction of sp³-hybridized carbons (Fsp3) is 0.0545. The van der Waals surface area contributed by atoms with E-state index in [-0.39, 0.29) is 5.41 Å². The van der Waals surface area contributed by atoms with E-state index in [2.05, 4.69) is 217 Å². The SMILES string of the molecule is CC1(C)c2ccccc2-c2ccc(-c3nc(-c4ccc5c(c4)c4ccccc4n5-c4ccccc4)cc(-c4ccc5c(c4)c4ccccc4n5-c4ccccc4)n3)cc21. The first-order valence-corrected chi connectivity index (χ1v) is 20.3. The van der Waals surface area contributed by atoms with Crippen LogP contribution in [0.5, 0.6) is 0 Å². The van der Waals surface area contributed by atoms with E-state index in [9.17, 15) is 0 Å². The molecule has 278 valence electrons. The number of hydrogen-bond donors (Lipinski definition) is 0. The van der Waals surface area contributed by atoms with Crippen molar-refractivity contribution in [3.8, 4) is 56.4 Å². The Morgan fingerprint density at radius 3 is 1.39 bits per heavy atom. The Bertz CT molecular complexity index is 3290. The molecule has 59 heavy (non-hydrogen) atoms. The van der Waals surface area contributed by atoms with Crippen LogP contribution >= 0.6 is 0 Å². The van der Waals surface area contributed by atoms with Gasteiger partial charge in [0, 0.05) is 55.0 Å². The van der Waals surface area contributed by atoms with Crippen LogP contribution in [0.4, 0.5) is 0 Å². The van der Waals surface area contributed by atoms with Gasteiger partial charge < -0.3 is 9.13 Å². The van der Waals surface area contributed by atoms with Crippen molar-refractivity contribution in [2.75, 3.05) is 0 Å². The average molecular weight is 755 g/mol. The molecule has 1 aliphatic carbocycles. The third-order valence-electron chi connectivity index (χ3n) is 12.5. The number of hydrogen-bond acceptors (Lipinski definition) is 2. The second-order valence-electron chi connectivity index (χ2n) is 16.2. The molecular weight excluding hydrogens is 717 g/mol. The van der Waals surface area contributed by atoms with E-state index >= 15 is 0 Å². The molecular formula is C55H38N4. The molecule has 4 heteroatoms. The van der Waals surface area contributed by atoms with Gasteiger partial charge >= 0.3 is 0 Å². The molecule has 4 nitrogen and oxygen atoms in total. The Morgan fingerprint density at radius 2 is 0.814 bits per heavy atom. The van der Waals surface area contributed by atoms with Crippen molar-refractivity contribution in [2.24, 2.45) is 0 Å². The third kappa shape index (κ3) is 5.09. The molecule has 0 amide bonds. The Kier molecular flexibility index (Phi) is 7.24. The second kappa shape index (κ2) is 12.7. The summed E-state index contributed by atoms with van der Waals surface area (Å²) in [7, 11) is 0. The zero-order valence-corrected chi connectivity index (χ0v) is 32.8. The molecule has 0 bridgehead atoms. The molecule has 3 heterocycles. The van der Waals surface area contributed by atoms with Crippen LogP contribution in [-0.2, 0) is 5.41 Å². The number of rotatable bonds is 5. The standard InChI is InChI=1S/C55H38N4/c1-55(2)46-22-12-9-19-40(46)41-28-25-37(33-47(41)55)54-56-48(35-26-29-52-44(31-35)42-20-10-13-23-50(42)58(52)38-15-5-3-6-16-38)34-49(57-54)36-27-30-53-45(32-36)43-21-11-14-24-51(43)59(53)39-17-7-4-8-18-39/h3-34H,1-2H3. The van der Waals surface area contributed by atoms with E-state index in [4.69, 9.17) is 9.97 Å². The third-order valence-corrected chi connectivity index (χ3v) is 12.5. The smallest absolute Gasteiger partial charge is 0.160 e. The molecule has 0 saturated carbocycles. The van der Waals surface area contributed by atoms with Crippen LogP contribution in [0, 0.1) is 0 Å². The highest BCUT2D eigenvalue weighted by Gasteiger charge is 2.35. The van der Waals surface area contributed by atoms with Crippen molar-refractivity contribution in [3.05, 3.63) is 205 Å². The summed E-state index contributed by atoms with van der Waals surface area (Å²) < 4.78 is 4.72. The highest BCUT2D eigenvalue weighted by molar-refractivity contribution is 6.11. The summed E-state index contributed by atoms with van der Waals surface area (Å²) in [6.45, 7) is 4.65. The maximum absolute atomic E-state index is 5.41. The molecule has 11 aromatic rings. The zero-order valence-electron chi connectivity index (χ0n) is 32.8. The van der Waals surface area contributed by atoms with E-state index in [0.717, 1.165) is 50.5 Å². The minimum Gasteiger partial charge on any atom is -0.309 e. The van der Waals surface area contributed by atoms with Crippen molar-refractivity contribution in [1.82, 2.24) is 19.1 Å². The molecule has 0 radical (unpaired) electrons. The van der Waals surface area contributed by atoms with Crippen molar-refractivity contribution in [1.29, 1.82) is 0 Å². The summed E-state index contributed by atoms with van der Waals surface area (Å²) in [5.41, 5.74) is 17.0. The minimum atomic E-state index is -0.140. The lowest BCUT2D eigenvalue weighted by atomic mass is 9.82. The first-order valence-electron chi connectivity index (χ1n) is 20.3. The van der Waals surface area contributed by atoms with Gasteiger partial charge in [-0.2, -0.15) is 0 Å². The fourth-order valence-electron chi connectivity index (χ4n) is 9.69. The van der Waals surface area contributed by atoms with E-state index in [1.165, 1.54) is 54.8 Å². The maximum Gasteiger partial charge on any atom is 0.160 e. The van der Waals surface area contributed by atoms with Gasteiger partial charge in [0.05, 0.1) is 33.5 Å². The summed E-state index contributed by atoms with van der Waals surface area (Å²) in [5, 5.41) is 4.80. The lowest BCUT2D eigenvalue weighted by molar-refractivity contribution is 0.660. The number of fused-ring (bicyclic) bond motifs is 9. The van der Waals surface area contributed by atoms with Crippen LogP contribution in [0.25, 0.3) is 100 Å². The molecule has 8 aromatic carbocycles. The highest BCUT2D eigenvalue weighted by atomic mass is 15.0. The van der Waals surface area contributed by atoms with Crippen LogP contribution in [0.1, 0.15) is 25.0 Å². The van der Waals surface area contributed by atoms with Crippen LogP contribution in [-0.4, -0.2) is 19.1 Å². The summed E-state index contributed by atoms with van der Waals surface area (Å²) in [6, 6.07) is 69.9. The zero-order chi connectivity index (χ0) is 39.2. The van der Waals surface area contributed by atoms with E-state index in [1.54, 1.807) is 0 Å². The average Bonchev–Trinajstić information content (AvgIpc) is 3.89. The largest absolute Gasteiger partial charge is 0.309 e. The van der Waals surface area contributed by atoms with E-state index < -0.39 is 0 Å². The van der Waals surface area contributed by atoms with Crippen molar-refractivity contribution < 1.29 is 0 Å². The molecule has 1 aliphatic rings. The minimum absolute atomic E-state index is 0.140. The van der Waals surface area contributed by atoms with Gasteiger partial charge in [-0.3, -0.25) is 0 Å². The van der Waals surface area contributed by atoms with Gasteiger partial charge in [-0.05, 0) is 95.1 Å². The number of aromatic nitrogens is 4. The Hall–Kier alpha value is -7.56. The first-order chi connectivity index (χ1) is 29.0. The van der Waals surface area contributed by atoms with Crippen LogP contribution in [0.15, 0.2) is 194 Å². The van der Waals surface area contributed by atoms with Crippen LogP contribution < -0.4 is 0 Å². The van der Waals surface area contributed by atoms with Gasteiger partial charge in [0.1, 0.15) is 0 Å². The van der Waals surface area contributed by atoms with Gasteiger partial charge in [0.2, 0.25) is 0 Å². The normalized spacial score (nSPS) is 13.1. The molecule has 3 aromatic heterocycles. The monoisotopic (exact) mass is 754 g/mol. The molecule has 0 spiro atoms. The van der Waals surface area contributed by atoms with E-state index in [0.29, 0.717) is 5.82 Å². The Balaban J connectivity index is 1.08. The topological polar surface area (TPSA) is 35.6 Å². The van der Waals surface area contributed by atoms with Gasteiger partial charge in [-0.15, -0.1) is 0 Å². The number of nitrogens with zero attached hydrogens (tertiary/aromatic N) is 4. The predicted molar refractivity (Wildman–Crippen MR) is 245 cm³/mol. The van der Waals surface area contributed by atoms with Gasteiger partial charge in [0.15, 0.2) is 5.82 Å². The number of benzene rings is 8.